The Kier molecular flexibility index (Phi) is 2.53. The van der Waals surface area contributed by atoms with E-state index in [-0.39, 0.29) is 17.2 Å². The van der Waals surface area contributed by atoms with Crippen molar-refractivity contribution >= 4 is 11.6 Å². The molecule has 0 aliphatic heterocycles. The quantitative estimate of drug-likeness (QED) is 0.809. The monoisotopic (exact) mass is 217 g/mol. The van der Waals surface area contributed by atoms with Gasteiger partial charge in [-0.05, 0) is 48.9 Å². The molecule has 1 aliphatic rings. The van der Waals surface area contributed by atoms with Gasteiger partial charge < -0.3 is 5.32 Å². The van der Waals surface area contributed by atoms with E-state index in [1.165, 1.54) is 11.1 Å². The maximum Gasteiger partial charge on any atom is 0.228 e. The summed E-state index contributed by atoms with van der Waals surface area (Å²) < 4.78 is 0. The highest BCUT2D eigenvalue weighted by atomic mass is 16.2. The standard InChI is InChI=1S/C14H19NO/c1-9-5-10(2)7-11(6-9)15-13(16)12-8-14(12,3)4/h5-7,12H,8H2,1-4H3,(H,15,16)/t12-/m1/s1. The Morgan fingerprint density at radius 1 is 1.25 bits per heavy atom. The molecular weight excluding hydrogens is 198 g/mol. The highest BCUT2D eigenvalue weighted by Gasteiger charge is 2.50. The zero-order chi connectivity index (χ0) is 11.9. The molecule has 0 aromatic heterocycles. The molecule has 86 valence electrons. The second kappa shape index (κ2) is 3.62. The van der Waals surface area contributed by atoms with Crippen LogP contribution in [0.2, 0.25) is 0 Å². The summed E-state index contributed by atoms with van der Waals surface area (Å²) >= 11 is 0. The van der Waals surface area contributed by atoms with Crippen LogP contribution in [0, 0.1) is 25.2 Å². The highest BCUT2D eigenvalue weighted by molar-refractivity contribution is 5.95. The van der Waals surface area contributed by atoms with E-state index < -0.39 is 0 Å². The van der Waals surface area contributed by atoms with Crippen molar-refractivity contribution in [2.75, 3.05) is 5.32 Å². The van der Waals surface area contributed by atoms with Crippen LogP contribution in [0.4, 0.5) is 5.69 Å². The van der Waals surface area contributed by atoms with Gasteiger partial charge in [0, 0.05) is 11.6 Å². The number of benzene rings is 1. The zero-order valence-corrected chi connectivity index (χ0v) is 10.4. The number of anilines is 1. The molecule has 2 nitrogen and oxygen atoms in total. The van der Waals surface area contributed by atoms with Crippen molar-refractivity contribution in [3.8, 4) is 0 Å². The van der Waals surface area contributed by atoms with Crippen LogP contribution in [0.1, 0.15) is 31.4 Å². The van der Waals surface area contributed by atoms with Crippen LogP contribution < -0.4 is 5.32 Å². The second-order valence-electron chi connectivity index (χ2n) is 5.61. The number of hydrogen-bond acceptors (Lipinski definition) is 1. The third-order valence-electron chi connectivity index (χ3n) is 3.32. The lowest BCUT2D eigenvalue weighted by Crippen LogP contribution is -2.16. The lowest BCUT2D eigenvalue weighted by Gasteiger charge is -2.08. The molecule has 1 amide bonds. The van der Waals surface area contributed by atoms with E-state index in [0.717, 1.165) is 12.1 Å². The normalized spacial score (nSPS) is 21.6. The van der Waals surface area contributed by atoms with Crippen molar-refractivity contribution in [3.63, 3.8) is 0 Å². The number of rotatable bonds is 2. The van der Waals surface area contributed by atoms with E-state index in [0.29, 0.717) is 0 Å². The molecule has 2 heteroatoms. The summed E-state index contributed by atoms with van der Waals surface area (Å²) in [6.45, 7) is 8.37. The molecule has 0 saturated heterocycles. The van der Waals surface area contributed by atoms with Crippen molar-refractivity contribution in [1.29, 1.82) is 0 Å². The minimum Gasteiger partial charge on any atom is -0.326 e. The summed E-state index contributed by atoms with van der Waals surface area (Å²) in [7, 11) is 0. The first-order chi connectivity index (χ1) is 7.38. The Balaban J connectivity index is 2.07. The van der Waals surface area contributed by atoms with E-state index in [2.05, 4.69) is 25.2 Å². The maximum atomic E-state index is 11.9. The van der Waals surface area contributed by atoms with Crippen LogP contribution in [0.15, 0.2) is 18.2 Å². The van der Waals surface area contributed by atoms with Gasteiger partial charge in [0.2, 0.25) is 5.91 Å². The fourth-order valence-electron chi connectivity index (χ4n) is 2.19. The number of nitrogens with one attached hydrogen (secondary N) is 1. The van der Waals surface area contributed by atoms with Gasteiger partial charge in [-0.2, -0.15) is 0 Å². The number of aryl methyl sites for hydroxylation is 2. The van der Waals surface area contributed by atoms with Crippen LogP contribution in [0.3, 0.4) is 0 Å². The highest BCUT2D eigenvalue weighted by Crippen LogP contribution is 2.51. The zero-order valence-electron chi connectivity index (χ0n) is 10.4. The van der Waals surface area contributed by atoms with Gasteiger partial charge in [0.25, 0.3) is 0 Å². The number of amides is 1. The van der Waals surface area contributed by atoms with E-state index >= 15 is 0 Å². The van der Waals surface area contributed by atoms with Crippen LogP contribution in [0.25, 0.3) is 0 Å². The average molecular weight is 217 g/mol. The Hall–Kier alpha value is -1.31. The van der Waals surface area contributed by atoms with Gasteiger partial charge >= 0.3 is 0 Å². The van der Waals surface area contributed by atoms with E-state index in [1.807, 2.05) is 26.0 Å². The summed E-state index contributed by atoms with van der Waals surface area (Å²) in [6, 6.07) is 6.14. The third kappa shape index (κ3) is 2.26. The topological polar surface area (TPSA) is 29.1 Å². The minimum absolute atomic E-state index is 0.162. The predicted molar refractivity (Wildman–Crippen MR) is 66.4 cm³/mol. The molecule has 1 aromatic carbocycles. The summed E-state index contributed by atoms with van der Waals surface area (Å²) in [6.07, 6.45) is 1.00. The molecule has 1 atom stereocenters. The summed E-state index contributed by atoms with van der Waals surface area (Å²) in [5, 5.41) is 3.00. The lowest BCUT2D eigenvalue weighted by molar-refractivity contribution is -0.117. The Labute approximate surface area is 97.1 Å². The fourth-order valence-corrected chi connectivity index (χ4v) is 2.19. The SMILES string of the molecule is Cc1cc(C)cc(NC(=O)[C@H]2CC2(C)C)c1. The number of carbonyl (C=O) groups is 1. The fraction of sp³-hybridized carbons (Fsp3) is 0.500. The molecule has 0 unspecified atom stereocenters. The molecule has 0 radical (unpaired) electrons. The summed E-state index contributed by atoms with van der Waals surface area (Å²) in [5.74, 6) is 0.350. The predicted octanol–water partition coefficient (Wildman–Crippen LogP) is 3.29. The van der Waals surface area contributed by atoms with Crippen molar-refractivity contribution < 1.29 is 4.79 Å². The summed E-state index contributed by atoms with van der Waals surface area (Å²) in [4.78, 5) is 11.9. The van der Waals surface area contributed by atoms with Crippen LogP contribution in [-0.2, 0) is 4.79 Å². The van der Waals surface area contributed by atoms with Crippen LogP contribution in [-0.4, -0.2) is 5.91 Å². The molecular formula is C14H19NO. The smallest absolute Gasteiger partial charge is 0.228 e. The lowest BCUT2D eigenvalue weighted by atomic mass is 10.1. The van der Waals surface area contributed by atoms with Crippen molar-refractivity contribution in [3.05, 3.63) is 29.3 Å². The van der Waals surface area contributed by atoms with E-state index in [9.17, 15) is 4.79 Å². The first kappa shape index (κ1) is 11.2. The molecule has 1 fully saturated rings. The molecule has 0 bridgehead atoms. The largest absolute Gasteiger partial charge is 0.326 e. The van der Waals surface area contributed by atoms with Crippen molar-refractivity contribution in [2.45, 2.75) is 34.1 Å². The van der Waals surface area contributed by atoms with Gasteiger partial charge in [0.1, 0.15) is 0 Å². The number of carbonyl (C=O) groups excluding carboxylic acids is 1. The van der Waals surface area contributed by atoms with Gasteiger partial charge in [-0.3, -0.25) is 4.79 Å². The Morgan fingerprint density at radius 2 is 1.75 bits per heavy atom. The van der Waals surface area contributed by atoms with Crippen molar-refractivity contribution in [1.82, 2.24) is 0 Å². The molecule has 0 heterocycles. The van der Waals surface area contributed by atoms with Crippen LogP contribution >= 0.6 is 0 Å². The van der Waals surface area contributed by atoms with E-state index in [1.54, 1.807) is 0 Å². The molecule has 1 saturated carbocycles. The van der Waals surface area contributed by atoms with Gasteiger partial charge in [0.05, 0.1) is 0 Å². The molecule has 2 rings (SSSR count). The molecule has 0 spiro atoms. The first-order valence-corrected chi connectivity index (χ1v) is 5.78. The minimum atomic E-state index is 0.162. The Bertz CT molecular complexity index is 414. The van der Waals surface area contributed by atoms with Gasteiger partial charge in [-0.25, -0.2) is 0 Å². The third-order valence-corrected chi connectivity index (χ3v) is 3.32. The van der Waals surface area contributed by atoms with Gasteiger partial charge in [-0.15, -0.1) is 0 Å². The van der Waals surface area contributed by atoms with E-state index in [4.69, 9.17) is 0 Å². The number of hydrogen-bond donors (Lipinski definition) is 1. The van der Waals surface area contributed by atoms with Crippen molar-refractivity contribution in [2.24, 2.45) is 11.3 Å². The Morgan fingerprint density at radius 3 is 2.19 bits per heavy atom. The second-order valence-corrected chi connectivity index (χ2v) is 5.61. The molecule has 1 aromatic rings. The van der Waals surface area contributed by atoms with Gasteiger partial charge in [-0.1, -0.05) is 19.9 Å². The average Bonchev–Trinajstić information content (AvgIpc) is 2.73. The van der Waals surface area contributed by atoms with Crippen LogP contribution in [0.5, 0.6) is 0 Å². The van der Waals surface area contributed by atoms with Gasteiger partial charge in [0.15, 0.2) is 0 Å². The molecule has 16 heavy (non-hydrogen) atoms. The molecule has 1 aliphatic carbocycles. The molecule has 1 N–H and O–H groups in total. The first-order valence-electron chi connectivity index (χ1n) is 5.78. The summed E-state index contributed by atoms with van der Waals surface area (Å²) in [5.41, 5.74) is 3.49. The maximum absolute atomic E-state index is 11.9.